The maximum atomic E-state index is 8.55. The van der Waals surface area contributed by atoms with E-state index >= 15 is 0 Å². The van der Waals surface area contributed by atoms with Gasteiger partial charge in [-0.25, -0.2) is 0 Å². The highest BCUT2D eigenvalue weighted by atomic mass is 16.3. The third kappa shape index (κ3) is 21.5. The molecular formula is C14H37N3O8. The van der Waals surface area contributed by atoms with E-state index in [-0.39, 0.29) is 26.4 Å². The fraction of sp³-hybridized carbons (Fsp3) is 1.00. The van der Waals surface area contributed by atoms with Crippen LogP contribution in [0, 0.1) is 0 Å². The molecule has 11 heteroatoms. The van der Waals surface area contributed by atoms with E-state index in [1.54, 1.807) is 11.9 Å². The van der Waals surface area contributed by atoms with Crippen molar-refractivity contribution in [3.63, 3.8) is 0 Å². The first-order valence-electron chi connectivity index (χ1n) is 7.94. The molecular weight excluding hydrogens is 338 g/mol. The van der Waals surface area contributed by atoms with Crippen LogP contribution in [0.5, 0.6) is 0 Å². The van der Waals surface area contributed by atoms with Crippen LogP contribution in [0.15, 0.2) is 0 Å². The van der Waals surface area contributed by atoms with Gasteiger partial charge in [-0.3, -0.25) is 4.90 Å². The standard InChI is InChI=1S/C6H15NO3.C4H11NO3.C4H11NO2/c8-4-1-7(2-5-9)3-6-10;5-4(1-6,2-7)3-8;1-5-2-4(7)3-6/h8-10H,1-6H2;6-8H,1-3,5H2;4-7H,2-3H2,1H3. The zero-order valence-electron chi connectivity index (χ0n) is 15.0. The first kappa shape index (κ1) is 29.3. The lowest BCUT2D eigenvalue weighted by molar-refractivity contribution is 0.0697. The van der Waals surface area contributed by atoms with E-state index in [0.717, 1.165) is 0 Å². The summed E-state index contributed by atoms with van der Waals surface area (Å²) in [5, 5.41) is 69.9. The van der Waals surface area contributed by atoms with E-state index in [0.29, 0.717) is 26.2 Å². The molecule has 0 saturated carbocycles. The summed E-state index contributed by atoms with van der Waals surface area (Å²) in [7, 11) is 1.72. The van der Waals surface area contributed by atoms with Gasteiger partial charge in [0, 0.05) is 26.2 Å². The molecule has 0 saturated heterocycles. The van der Waals surface area contributed by atoms with Gasteiger partial charge >= 0.3 is 0 Å². The predicted octanol–water partition coefficient (Wildman–Crippen LogP) is -5.51. The molecule has 0 aromatic carbocycles. The molecule has 11 N–H and O–H groups in total. The van der Waals surface area contributed by atoms with Gasteiger partial charge in [-0.05, 0) is 7.05 Å². The first-order valence-corrected chi connectivity index (χ1v) is 7.94. The van der Waals surface area contributed by atoms with Crippen LogP contribution in [0.3, 0.4) is 0 Å². The van der Waals surface area contributed by atoms with Crippen molar-refractivity contribution in [1.82, 2.24) is 10.2 Å². The number of nitrogens with one attached hydrogen (secondary N) is 1. The summed E-state index contributed by atoms with van der Waals surface area (Å²) in [6.45, 7) is 0.834. The fourth-order valence-corrected chi connectivity index (χ4v) is 1.21. The molecule has 0 aliphatic carbocycles. The summed E-state index contributed by atoms with van der Waals surface area (Å²) < 4.78 is 0. The molecule has 25 heavy (non-hydrogen) atoms. The zero-order chi connectivity index (χ0) is 20.1. The SMILES string of the molecule is CNCC(O)CO.NC(CO)(CO)CO.OCCN(CCO)CCO. The molecule has 0 fully saturated rings. The molecule has 0 aromatic heterocycles. The van der Waals surface area contributed by atoms with Crippen molar-refractivity contribution in [2.24, 2.45) is 5.73 Å². The minimum absolute atomic E-state index is 0.0694. The molecule has 0 aliphatic rings. The highest BCUT2D eigenvalue weighted by Crippen LogP contribution is 1.93. The van der Waals surface area contributed by atoms with Gasteiger partial charge < -0.3 is 51.9 Å². The summed E-state index contributed by atoms with van der Waals surface area (Å²) in [5.74, 6) is 0. The van der Waals surface area contributed by atoms with Crippen molar-refractivity contribution < 1.29 is 40.9 Å². The Balaban J connectivity index is -0.000000296. The van der Waals surface area contributed by atoms with Crippen molar-refractivity contribution in [3.05, 3.63) is 0 Å². The Hall–Kier alpha value is -0.440. The molecule has 1 atom stereocenters. The fourth-order valence-electron chi connectivity index (χ4n) is 1.21. The highest BCUT2D eigenvalue weighted by Gasteiger charge is 2.20. The van der Waals surface area contributed by atoms with Gasteiger partial charge in [0.15, 0.2) is 0 Å². The molecule has 0 aliphatic heterocycles. The number of hydrogen-bond donors (Lipinski definition) is 10. The molecule has 1 unspecified atom stereocenters. The summed E-state index contributed by atoms with van der Waals surface area (Å²) in [5.41, 5.74) is 3.94. The van der Waals surface area contributed by atoms with Gasteiger partial charge in [0.2, 0.25) is 0 Å². The molecule has 0 aromatic rings. The predicted molar refractivity (Wildman–Crippen MR) is 92.9 cm³/mol. The topological polar surface area (TPSA) is 203 Å². The summed E-state index contributed by atoms with van der Waals surface area (Å²) in [4.78, 5) is 1.79. The van der Waals surface area contributed by atoms with Crippen molar-refractivity contribution in [1.29, 1.82) is 0 Å². The third-order valence-electron chi connectivity index (χ3n) is 2.84. The maximum absolute atomic E-state index is 8.55. The molecule has 0 heterocycles. The van der Waals surface area contributed by atoms with Gasteiger partial charge in [0.1, 0.15) is 0 Å². The Morgan fingerprint density at radius 2 is 1.20 bits per heavy atom. The number of aliphatic hydroxyl groups is 8. The normalized spacial score (nSPS) is 12.1. The van der Waals surface area contributed by atoms with Crippen LogP contribution in [-0.2, 0) is 0 Å². The Morgan fingerprint density at radius 3 is 1.32 bits per heavy atom. The lowest BCUT2D eigenvalue weighted by Crippen LogP contribution is -2.50. The quantitative estimate of drug-likeness (QED) is 0.156. The largest absolute Gasteiger partial charge is 0.395 e. The number of nitrogens with zero attached hydrogens (tertiary/aromatic N) is 1. The van der Waals surface area contributed by atoms with E-state index in [1.807, 2.05) is 0 Å². The van der Waals surface area contributed by atoms with Gasteiger partial charge in [0.25, 0.3) is 0 Å². The van der Waals surface area contributed by atoms with E-state index in [9.17, 15) is 0 Å². The Kier molecular flexibility index (Phi) is 25.3. The van der Waals surface area contributed by atoms with E-state index < -0.39 is 31.5 Å². The summed E-state index contributed by atoms with van der Waals surface area (Å²) in [6, 6.07) is 0. The number of aliphatic hydroxyl groups excluding tert-OH is 8. The second kappa shape index (κ2) is 21.6. The average molecular weight is 375 g/mol. The summed E-state index contributed by atoms with van der Waals surface area (Å²) >= 11 is 0. The average Bonchev–Trinajstić information content (AvgIpc) is 2.63. The van der Waals surface area contributed by atoms with Crippen molar-refractivity contribution in [3.8, 4) is 0 Å². The molecule has 0 spiro atoms. The Bertz CT molecular complexity index is 226. The number of rotatable bonds is 12. The lowest BCUT2D eigenvalue weighted by atomic mass is 10.1. The number of likely N-dealkylation sites (N-methyl/N-ethyl adjacent to an activating group) is 1. The van der Waals surface area contributed by atoms with Crippen LogP contribution in [0.1, 0.15) is 0 Å². The second-order valence-corrected chi connectivity index (χ2v) is 5.24. The molecule has 0 radical (unpaired) electrons. The molecule has 11 nitrogen and oxygen atoms in total. The minimum atomic E-state index is -1.21. The highest BCUT2D eigenvalue weighted by molar-refractivity contribution is 4.80. The first-order chi connectivity index (χ1) is 11.8. The lowest BCUT2D eigenvalue weighted by Gasteiger charge is -2.20. The Labute approximate surface area is 148 Å². The number of nitrogens with two attached hydrogens (primary N) is 1. The Morgan fingerprint density at radius 1 is 0.840 bits per heavy atom. The van der Waals surface area contributed by atoms with Gasteiger partial charge in [-0.1, -0.05) is 0 Å². The van der Waals surface area contributed by atoms with Crippen molar-refractivity contribution in [2.75, 3.05) is 79.5 Å². The molecule has 0 bridgehead atoms. The van der Waals surface area contributed by atoms with E-state index in [4.69, 9.17) is 46.6 Å². The second-order valence-electron chi connectivity index (χ2n) is 5.24. The zero-order valence-corrected chi connectivity index (χ0v) is 15.0. The van der Waals surface area contributed by atoms with Gasteiger partial charge in [-0.15, -0.1) is 0 Å². The van der Waals surface area contributed by atoms with Gasteiger partial charge in [0.05, 0.1) is 57.9 Å². The van der Waals surface area contributed by atoms with Crippen LogP contribution < -0.4 is 11.1 Å². The third-order valence-corrected chi connectivity index (χ3v) is 2.84. The van der Waals surface area contributed by atoms with Crippen LogP contribution in [0.4, 0.5) is 0 Å². The summed E-state index contributed by atoms with van der Waals surface area (Å²) in [6.07, 6.45) is -0.606. The monoisotopic (exact) mass is 375 g/mol. The molecule has 156 valence electrons. The molecule has 0 amide bonds. The van der Waals surface area contributed by atoms with Crippen LogP contribution in [0.2, 0.25) is 0 Å². The molecule has 0 rings (SSSR count). The van der Waals surface area contributed by atoms with Crippen LogP contribution >= 0.6 is 0 Å². The van der Waals surface area contributed by atoms with E-state index in [1.165, 1.54) is 0 Å². The van der Waals surface area contributed by atoms with Crippen LogP contribution in [-0.4, -0.2) is 137 Å². The maximum Gasteiger partial charge on any atom is 0.0894 e. The van der Waals surface area contributed by atoms with Crippen molar-refractivity contribution in [2.45, 2.75) is 11.6 Å². The number of hydrogen-bond acceptors (Lipinski definition) is 11. The smallest absolute Gasteiger partial charge is 0.0894 e. The minimum Gasteiger partial charge on any atom is -0.395 e. The van der Waals surface area contributed by atoms with E-state index in [2.05, 4.69) is 5.32 Å². The van der Waals surface area contributed by atoms with Gasteiger partial charge in [-0.2, -0.15) is 0 Å². The van der Waals surface area contributed by atoms with Crippen molar-refractivity contribution >= 4 is 0 Å². The van der Waals surface area contributed by atoms with Crippen LogP contribution in [0.25, 0.3) is 0 Å².